The number of hydrogen-bond donors (Lipinski definition) is 1. The number of alkyl halides is 1. The molecule has 0 amide bonds. The van der Waals surface area contributed by atoms with Crippen molar-refractivity contribution in [1.82, 2.24) is 14.8 Å². The minimum atomic E-state index is 0.0385. The van der Waals surface area contributed by atoms with Gasteiger partial charge in [0.25, 0.3) is 0 Å². The van der Waals surface area contributed by atoms with E-state index in [4.69, 9.17) is 11.6 Å². The van der Waals surface area contributed by atoms with Crippen LogP contribution in [0.2, 0.25) is 0 Å². The molecule has 1 aromatic heterocycles. The maximum absolute atomic E-state index is 6.70. The molecule has 0 aliphatic carbocycles. The van der Waals surface area contributed by atoms with Crippen LogP contribution in [-0.4, -0.2) is 34.6 Å². The van der Waals surface area contributed by atoms with Gasteiger partial charge in [-0.05, 0) is 36.3 Å². The molecule has 3 nitrogen and oxygen atoms in total. The summed E-state index contributed by atoms with van der Waals surface area (Å²) in [7, 11) is 0. The first kappa shape index (κ1) is 18.5. The first-order chi connectivity index (χ1) is 13.2. The molecule has 27 heavy (non-hydrogen) atoms. The molecule has 0 saturated carbocycles. The molecule has 1 unspecified atom stereocenters. The van der Waals surface area contributed by atoms with Crippen LogP contribution in [-0.2, 0) is 19.5 Å². The summed E-state index contributed by atoms with van der Waals surface area (Å²) in [4.78, 5) is 2.30. The molecule has 4 heteroatoms. The van der Waals surface area contributed by atoms with Gasteiger partial charge in [0, 0.05) is 48.2 Å². The average molecular weight is 382 g/mol. The Labute approximate surface area is 166 Å². The van der Waals surface area contributed by atoms with Gasteiger partial charge in [-0.1, -0.05) is 50.2 Å². The first-order valence-electron chi connectivity index (χ1n) is 10.0. The standard InChI is InChI=1S/C23H28ClN3/c1-3-26(4-2)22(24)15-17-10-11-20-19(14-17)23(18-8-6-5-7-9-18)21-16-25-12-13-27(20)21/h5-11,14,22,25H,3-4,12-13,15-16H2,1-2H3. The number of aromatic nitrogens is 1. The molecular formula is C23H28ClN3. The summed E-state index contributed by atoms with van der Waals surface area (Å²) in [6.45, 7) is 9.28. The summed E-state index contributed by atoms with van der Waals surface area (Å²) in [5.41, 5.74) is 6.74. The molecule has 2 aromatic carbocycles. The van der Waals surface area contributed by atoms with E-state index in [1.807, 2.05) is 0 Å². The van der Waals surface area contributed by atoms with Crippen molar-refractivity contribution in [3.63, 3.8) is 0 Å². The van der Waals surface area contributed by atoms with Gasteiger partial charge in [-0.3, -0.25) is 4.90 Å². The fourth-order valence-corrected chi connectivity index (χ4v) is 4.74. The number of fused-ring (bicyclic) bond motifs is 3. The summed E-state index contributed by atoms with van der Waals surface area (Å²) in [6, 6.07) is 17.7. The Morgan fingerprint density at radius 3 is 2.63 bits per heavy atom. The number of nitrogens with one attached hydrogen (secondary N) is 1. The van der Waals surface area contributed by atoms with E-state index in [0.29, 0.717) is 0 Å². The lowest BCUT2D eigenvalue weighted by Crippen LogP contribution is -2.32. The quantitative estimate of drug-likeness (QED) is 0.486. The molecule has 1 aliphatic heterocycles. The maximum Gasteiger partial charge on any atom is 0.0890 e. The van der Waals surface area contributed by atoms with Crippen LogP contribution in [0.3, 0.4) is 0 Å². The number of rotatable bonds is 6. The Bertz CT molecular complexity index is 912. The van der Waals surface area contributed by atoms with E-state index in [2.05, 4.69) is 77.2 Å². The van der Waals surface area contributed by atoms with Crippen LogP contribution >= 0.6 is 11.6 Å². The van der Waals surface area contributed by atoms with Crippen molar-refractivity contribution in [3.8, 4) is 11.1 Å². The van der Waals surface area contributed by atoms with Gasteiger partial charge in [0.1, 0.15) is 0 Å². The highest BCUT2D eigenvalue weighted by Crippen LogP contribution is 2.36. The van der Waals surface area contributed by atoms with Gasteiger partial charge < -0.3 is 9.88 Å². The van der Waals surface area contributed by atoms with Crippen molar-refractivity contribution in [2.24, 2.45) is 0 Å². The van der Waals surface area contributed by atoms with Gasteiger partial charge in [-0.25, -0.2) is 0 Å². The fourth-order valence-electron chi connectivity index (χ4n) is 4.29. The molecule has 0 bridgehead atoms. The third-order valence-electron chi connectivity index (χ3n) is 5.72. The monoisotopic (exact) mass is 381 g/mol. The van der Waals surface area contributed by atoms with Crippen molar-refractivity contribution >= 4 is 22.5 Å². The second-order valence-corrected chi connectivity index (χ2v) is 7.73. The molecule has 0 fully saturated rings. The van der Waals surface area contributed by atoms with Crippen LogP contribution in [0.4, 0.5) is 0 Å². The van der Waals surface area contributed by atoms with Gasteiger partial charge in [0.15, 0.2) is 0 Å². The van der Waals surface area contributed by atoms with Crippen LogP contribution in [0, 0.1) is 0 Å². The minimum absolute atomic E-state index is 0.0385. The Morgan fingerprint density at radius 2 is 1.89 bits per heavy atom. The molecule has 142 valence electrons. The second-order valence-electron chi connectivity index (χ2n) is 7.23. The van der Waals surface area contributed by atoms with Gasteiger partial charge >= 0.3 is 0 Å². The lowest BCUT2D eigenvalue weighted by Gasteiger charge is -2.24. The highest BCUT2D eigenvalue weighted by atomic mass is 35.5. The predicted molar refractivity (Wildman–Crippen MR) is 115 cm³/mol. The van der Waals surface area contributed by atoms with Gasteiger partial charge in [0.2, 0.25) is 0 Å². The zero-order valence-electron chi connectivity index (χ0n) is 16.2. The third-order valence-corrected chi connectivity index (χ3v) is 6.15. The SMILES string of the molecule is CCN(CC)C(Cl)Cc1ccc2c(c1)c(-c1ccccc1)c1n2CCNC1. The zero-order chi connectivity index (χ0) is 18.8. The van der Waals surface area contributed by atoms with Gasteiger partial charge in [-0.15, -0.1) is 11.6 Å². The molecule has 2 heterocycles. The summed E-state index contributed by atoms with van der Waals surface area (Å²) >= 11 is 6.70. The predicted octanol–water partition coefficient (Wildman–Crippen LogP) is 4.86. The normalized spacial score (nSPS) is 15.3. The van der Waals surface area contributed by atoms with E-state index in [1.54, 1.807) is 0 Å². The molecular weight excluding hydrogens is 354 g/mol. The van der Waals surface area contributed by atoms with E-state index < -0.39 is 0 Å². The molecule has 0 radical (unpaired) electrons. The Kier molecular flexibility index (Phi) is 5.53. The van der Waals surface area contributed by atoms with E-state index in [-0.39, 0.29) is 5.50 Å². The van der Waals surface area contributed by atoms with E-state index in [1.165, 1.54) is 33.3 Å². The van der Waals surface area contributed by atoms with Crippen LogP contribution in [0.25, 0.3) is 22.0 Å². The Balaban J connectivity index is 1.80. The van der Waals surface area contributed by atoms with Crippen molar-refractivity contribution in [2.75, 3.05) is 19.6 Å². The smallest absolute Gasteiger partial charge is 0.0890 e. The summed E-state index contributed by atoms with van der Waals surface area (Å²) in [5.74, 6) is 0. The fraction of sp³-hybridized carbons (Fsp3) is 0.391. The van der Waals surface area contributed by atoms with Crippen molar-refractivity contribution in [3.05, 3.63) is 59.8 Å². The number of nitrogens with zero attached hydrogens (tertiary/aromatic N) is 2. The average Bonchev–Trinajstić information content (AvgIpc) is 3.03. The van der Waals surface area contributed by atoms with E-state index >= 15 is 0 Å². The molecule has 0 spiro atoms. The lowest BCUT2D eigenvalue weighted by atomic mass is 9.99. The summed E-state index contributed by atoms with van der Waals surface area (Å²) in [6.07, 6.45) is 0.867. The van der Waals surface area contributed by atoms with Crippen LogP contribution in [0.15, 0.2) is 48.5 Å². The summed E-state index contributed by atoms with van der Waals surface area (Å²) < 4.78 is 2.49. The summed E-state index contributed by atoms with van der Waals surface area (Å²) in [5, 5.41) is 4.89. The van der Waals surface area contributed by atoms with Gasteiger partial charge in [0.05, 0.1) is 5.50 Å². The molecule has 1 aliphatic rings. The van der Waals surface area contributed by atoms with E-state index in [0.717, 1.165) is 39.1 Å². The highest BCUT2D eigenvalue weighted by molar-refractivity contribution is 6.20. The van der Waals surface area contributed by atoms with Gasteiger partial charge in [-0.2, -0.15) is 0 Å². The van der Waals surface area contributed by atoms with Crippen molar-refractivity contribution in [1.29, 1.82) is 0 Å². The Morgan fingerprint density at radius 1 is 1.11 bits per heavy atom. The van der Waals surface area contributed by atoms with Crippen LogP contribution < -0.4 is 5.32 Å². The lowest BCUT2D eigenvalue weighted by molar-refractivity contribution is 0.277. The maximum atomic E-state index is 6.70. The van der Waals surface area contributed by atoms with E-state index in [9.17, 15) is 0 Å². The topological polar surface area (TPSA) is 20.2 Å². The van der Waals surface area contributed by atoms with Crippen LogP contribution in [0.5, 0.6) is 0 Å². The number of likely N-dealkylation sites (N-methyl/N-ethyl adjacent to an activating group) is 1. The molecule has 4 rings (SSSR count). The first-order valence-corrected chi connectivity index (χ1v) is 10.4. The zero-order valence-corrected chi connectivity index (χ0v) is 17.0. The Hall–Kier alpha value is -1.81. The molecule has 3 aromatic rings. The molecule has 1 atom stereocenters. The third kappa shape index (κ3) is 3.52. The molecule has 0 saturated heterocycles. The minimum Gasteiger partial charge on any atom is -0.341 e. The highest BCUT2D eigenvalue weighted by Gasteiger charge is 2.21. The number of hydrogen-bond acceptors (Lipinski definition) is 2. The number of halogens is 1. The second kappa shape index (κ2) is 8.05. The number of benzene rings is 2. The van der Waals surface area contributed by atoms with Crippen molar-refractivity contribution < 1.29 is 0 Å². The largest absolute Gasteiger partial charge is 0.341 e. The molecule has 1 N–H and O–H groups in total. The van der Waals surface area contributed by atoms with Crippen LogP contribution in [0.1, 0.15) is 25.1 Å². The van der Waals surface area contributed by atoms with Crippen molar-refractivity contribution in [2.45, 2.75) is 38.9 Å².